The molecule has 27 heavy (non-hydrogen) atoms. The highest BCUT2D eigenvalue weighted by Gasteiger charge is 2.12. The fourth-order valence-electron chi connectivity index (χ4n) is 2.71. The SMILES string of the molecule is C=C/C(=C\C=O)CNc1ncnc2c(OC)cc(-c3ccc(F)cc3)cc12. The molecule has 0 aliphatic heterocycles. The molecule has 0 bridgehead atoms. The molecular weight excluding hydrogens is 345 g/mol. The molecule has 0 unspecified atom stereocenters. The average molecular weight is 363 g/mol. The van der Waals surface area contributed by atoms with Crippen molar-refractivity contribution in [2.45, 2.75) is 0 Å². The number of methoxy groups -OCH3 is 1. The first-order valence-corrected chi connectivity index (χ1v) is 8.25. The lowest BCUT2D eigenvalue weighted by atomic mass is 10.0. The Kier molecular flexibility index (Phi) is 5.56. The number of halogens is 1. The van der Waals surface area contributed by atoms with Crippen molar-refractivity contribution in [2.24, 2.45) is 0 Å². The Labute approximate surface area is 156 Å². The zero-order valence-corrected chi connectivity index (χ0v) is 14.8. The van der Waals surface area contributed by atoms with E-state index in [1.807, 2.05) is 12.1 Å². The van der Waals surface area contributed by atoms with Gasteiger partial charge >= 0.3 is 0 Å². The van der Waals surface area contributed by atoms with Gasteiger partial charge in [0.15, 0.2) is 0 Å². The topological polar surface area (TPSA) is 64.1 Å². The molecule has 1 aromatic heterocycles. The van der Waals surface area contributed by atoms with Crippen molar-refractivity contribution in [3.8, 4) is 16.9 Å². The minimum absolute atomic E-state index is 0.295. The van der Waals surface area contributed by atoms with E-state index in [1.165, 1.54) is 24.5 Å². The minimum Gasteiger partial charge on any atom is -0.494 e. The molecule has 0 saturated heterocycles. The summed E-state index contributed by atoms with van der Waals surface area (Å²) in [7, 11) is 1.57. The summed E-state index contributed by atoms with van der Waals surface area (Å²) in [4.78, 5) is 19.3. The van der Waals surface area contributed by atoms with Crippen molar-refractivity contribution >= 4 is 23.0 Å². The molecular formula is C21H18FN3O2. The minimum atomic E-state index is -0.295. The maximum Gasteiger partial charge on any atom is 0.145 e. The standard InChI is InChI=1S/C21H18FN3O2/c1-3-14(8-9-26)12-23-21-18-10-16(15-4-6-17(22)7-5-15)11-19(27-2)20(18)24-13-25-21/h3-11,13H,1,12H2,2H3,(H,23,24,25)/b14-8+. The summed E-state index contributed by atoms with van der Waals surface area (Å²) in [6, 6.07) is 10.0. The van der Waals surface area contributed by atoms with Gasteiger partial charge in [-0.2, -0.15) is 0 Å². The quantitative estimate of drug-likeness (QED) is 0.388. The molecule has 0 atom stereocenters. The smallest absolute Gasteiger partial charge is 0.145 e. The Morgan fingerprint density at radius 1 is 1.22 bits per heavy atom. The van der Waals surface area contributed by atoms with Gasteiger partial charge in [0.2, 0.25) is 0 Å². The summed E-state index contributed by atoms with van der Waals surface area (Å²) >= 11 is 0. The van der Waals surface area contributed by atoms with Crippen LogP contribution < -0.4 is 10.1 Å². The van der Waals surface area contributed by atoms with Crippen LogP contribution in [0.15, 0.2) is 67.0 Å². The molecule has 6 heteroatoms. The third-order valence-corrected chi connectivity index (χ3v) is 4.11. The lowest BCUT2D eigenvalue weighted by Crippen LogP contribution is -2.06. The van der Waals surface area contributed by atoms with Crippen LogP contribution in [0.25, 0.3) is 22.0 Å². The zero-order valence-electron chi connectivity index (χ0n) is 14.8. The number of carbonyl (C=O) groups is 1. The highest BCUT2D eigenvalue weighted by Crippen LogP contribution is 2.34. The Morgan fingerprint density at radius 3 is 2.67 bits per heavy atom. The number of nitrogens with zero attached hydrogens (tertiary/aromatic N) is 2. The highest BCUT2D eigenvalue weighted by molar-refractivity contribution is 5.96. The second-order valence-electron chi connectivity index (χ2n) is 5.74. The molecule has 5 nitrogen and oxygen atoms in total. The summed E-state index contributed by atoms with van der Waals surface area (Å²) in [5, 5.41) is 3.95. The van der Waals surface area contributed by atoms with Crippen molar-refractivity contribution in [1.82, 2.24) is 9.97 Å². The largest absolute Gasteiger partial charge is 0.494 e. The molecule has 0 aliphatic carbocycles. The molecule has 136 valence electrons. The third kappa shape index (κ3) is 4.00. The van der Waals surface area contributed by atoms with Gasteiger partial charge in [0.1, 0.15) is 35.5 Å². The molecule has 3 aromatic rings. The molecule has 0 spiro atoms. The lowest BCUT2D eigenvalue weighted by molar-refractivity contribution is -0.104. The first-order chi connectivity index (χ1) is 13.2. The van der Waals surface area contributed by atoms with E-state index in [1.54, 1.807) is 25.3 Å². The van der Waals surface area contributed by atoms with Crippen molar-refractivity contribution in [3.63, 3.8) is 0 Å². The Balaban J connectivity index is 2.08. The zero-order chi connectivity index (χ0) is 19.2. The van der Waals surface area contributed by atoms with E-state index in [9.17, 15) is 9.18 Å². The van der Waals surface area contributed by atoms with E-state index < -0.39 is 0 Å². The van der Waals surface area contributed by atoms with Gasteiger partial charge in [0.25, 0.3) is 0 Å². The van der Waals surface area contributed by atoms with E-state index in [4.69, 9.17) is 4.74 Å². The van der Waals surface area contributed by atoms with Crippen LogP contribution in [-0.2, 0) is 4.79 Å². The molecule has 0 radical (unpaired) electrons. The highest BCUT2D eigenvalue weighted by atomic mass is 19.1. The number of hydrogen-bond acceptors (Lipinski definition) is 5. The van der Waals surface area contributed by atoms with Gasteiger partial charge in [-0.3, -0.25) is 4.79 Å². The van der Waals surface area contributed by atoms with E-state index in [-0.39, 0.29) is 5.82 Å². The van der Waals surface area contributed by atoms with Crippen LogP contribution >= 0.6 is 0 Å². The van der Waals surface area contributed by atoms with Crippen LogP contribution in [0.2, 0.25) is 0 Å². The van der Waals surface area contributed by atoms with Crippen LogP contribution in [0.5, 0.6) is 5.75 Å². The molecule has 1 N–H and O–H groups in total. The summed E-state index contributed by atoms with van der Waals surface area (Å²) < 4.78 is 18.7. The monoisotopic (exact) mass is 363 g/mol. The first-order valence-electron chi connectivity index (χ1n) is 8.25. The summed E-state index contributed by atoms with van der Waals surface area (Å²) in [5.41, 5.74) is 3.09. The van der Waals surface area contributed by atoms with Gasteiger partial charge in [0.05, 0.1) is 7.11 Å². The van der Waals surface area contributed by atoms with Crippen molar-refractivity contribution in [1.29, 1.82) is 0 Å². The number of benzene rings is 2. The van der Waals surface area contributed by atoms with Crippen LogP contribution in [-0.4, -0.2) is 29.9 Å². The molecule has 3 rings (SSSR count). The predicted molar refractivity (Wildman–Crippen MR) is 104 cm³/mol. The number of carbonyl (C=O) groups excluding carboxylic acids is 1. The molecule has 0 aliphatic rings. The van der Waals surface area contributed by atoms with Crippen molar-refractivity contribution in [3.05, 3.63) is 72.8 Å². The summed E-state index contributed by atoms with van der Waals surface area (Å²) in [6.07, 6.45) is 5.21. The Hall–Kier alpha value is -3.54. The van der Waals surface area contributed by atoms with Crippen LogP contribution in [0.4, 0.5) is 10.2 Å². The predicted octanol–water partition coefficient (Wildman–Crippen LogP) is 4.17. The molecule has 0 saturated carbocycles. The second-order valence-corrected chi connectivity index (χ2v) is 5.74. The Bertz CT molecular complexity index is 1010. The number of anilines is 1. The van der Waals surface area contributed by atoms with Gasteiger partial charge in [-0.05, 0) is 47.0 Å². The van der Waals surface area contributed by atoms with Crippen molar-refractivity contribution < 1.29 is 13.9 Å². The van der Waals surface area contributed by atoms with Crippen LogP contribution in [0.1, 0.15) is 0 Å². The maximum atomic E-state index is 13.2. The second kappa shape index (κ2) is 8.23. The van der Waals surface area contributed by atoms with Crippen LogP contribution in [0, 0.1) is 5.82 Å². The third-order valence-electron chi connectivity index (χ3n) is 4.11. The number of ether oxygens (including phenoxy) is 1. The average Bonchev–Trinajstić information content (AvgIpc) is 2.70. The molecule has 0 fully saturated rings. The van der Waals surface area contributed by atoms with E-state index in [0.717, 1.165) is 22.1 Å². The van der Waals surface area contributed by atoms with E-state index >= 15 is 0 Å². The first kappa shape index (κ1) is 18.3. The van der Waals surface area contributed by atoms with E-state index in [2.05, 4.69) is 21.9 Å². The fourth-order valence-corrected chi connectivity index (χ4v) is 2.71. The molecule has 1 heterocycles. The number of fused-ring (bicyclic) bond motifs is 1. The molecule has 0 amide bonds. The number of allylic oxidation sites excluding steroid dienone is 1. The number of aldehydes is 1. The number of nitrogens with one attached hydrogen (secondary N) is 1. The summed E-state index contributed by atoms with van der Waals surface area (Å²) in [5.74, 6) is 0.890. The maximum absolute atomic E-state index is 13.2. The number of rotatable bonds is 7. The van der Waals surface area contributed by atoms with Crippen LogP contribution in [0.3, 0.4) is 0 Å². The van der Waals surface area contributed by atoms with Gasteiger partial charge in [-0.15, -0.1) is 0 Å². The van der Waals surface area contributed by atoms with Crippen molar-refractivity contribution in [2.75, 3.05) is 19.0 Å². The van der Waals surface area contributed by atoms with E-state index in [0.29, 0.717) is 29.9 Å². The lowest BCUT2D eigenvalue weighted by Gasteiger charge is -2.13. The summed E-state index contributed by atoms with van der Waals surface area (Å²) in [6.45, 7) is 4.08. The van der Waals surface area contributed by atoms with Gasteiger partial charge in [-0.25, -0.2) is 14.4 Å². The fraction of sp³-hybridized carbons (Fsp3) is 0.0952. The number of aromatic nitrogens is 2. The van der Waals surface area contributed by atoms with Gasteiger partial charge < -0.3 is 10.1 Å². The van der Waals surface area contributed by atoms with Gasteiger partial charge in [-0.1, -0.05) is 24.8 Å². The molecule has 2 aromatic carbocycles. The normalized spacial score (nSPS) is 11.3. The number of hydrogen-bond donors (Lipinski definition) is 1. The Morgan fingerprint density at radius 2 is 2.00 bits per heavy atom. The van der Waals surface area contributed by atoms with Gasteiger partial charge in [0, 0.05) is 11.9 Å².